The molecule has 0 saturated heterocycles. The maximum Gasteiger partial charge on any atom is 0.0704 e. The summed E-state index contributed by atoms with van der Waals surface area (Å²) in [6.45, 7) is 2.08. The third kappa shape index (κ3) is 3.42. The number of nitrogens with zero attached hydrogens (tertiary/aromatic N) is 1. The van der Waals surface area contributed by atoms with E-state index in [9.17, 15) is 0 Å². The Bertz CT molecular complexity index is 520. The summed E-state index contributed by atoms with van der Waals surface area (Å²) < 4.78 is 0. The summed E-state index contributed by atoms with van der Waals surface area (Å²) in [5.74, 6) is 0. The van der Waals surface area contributed by atoms with Crippen LogP contribution in [0.4, 0.5) is 0 Å². The number of aromatic nitrogens is 1. The molecule has 2 rings (SSSR count). The van der Waals surface area contributed by atoms with Crippen molar-refractivity contribution in [2.24, 2.45) is 0 Å². The van der Waals surface area contributed by atoms with Crippen LogP contribution in [-0.4, -0.2) is 4.98 Å². The summed E-state index contributed by atoms with van der Waals surface area (Å²) in [5, 5.41) is 0. The minimum absolute atomic E-state index is 1.00. The third-order valence-corrected chi connectivity index (χ3v) is 2.43. The van der Waals surface area contributed by atoms with Gasteiger partial charge in [-0.25, -0.2) is 0 Å². The lowest BCUT2D eigenvalue weighted by atomic mass is 10.1. The Kier molecular flexibility index (Phi) is 3.87. The Hall–Kier alpha value is -2.15. The fourth-order valence-electron chi connectivity index (χ4n) is 1.56. The first-order valence-corrected chi connectivity index (χ1v) is 5.68. The molecule has 0 atom stereocenters. The molecule has 0 N–H and O–H groups in total. The lowest BCUT2D eigenvalue weighted by Gasteiger charge is -1.99. The summed E-state index contributed by atoms with van der Waals surface area (Å²) in [4.78, 5) is 4.39. The molecule has 2 aromatic rings. The standard InChI is InChI=1S/C16H15N/c1-14-11-12-17-16(13-14)15-9-7-5-3-2-4-6-8-10-15/h2-13H,1H3. The van der Waals surface area contributed by atoms with Crippen LogP contribution in [0.15, 0.2) is 72.9 Å². The Morgan fingerprint density at radius 1 is 0.765 bits per heavy atom. The topological polar surface area (TPSA) is 12.9 Å². The monoisotopic (exact) mass is 221 g/mol. The summed E-state index contributed by atoms with van der Waals surface area (Å²) in [6.07, 6.45) is 1.84. The van der Waals surface area contributed by atoms with Gasteiger partial charge in [0, 0.05) is 11.8 Å². The second-order valence-corrected chi connectivity index (χ2v) is 3.85. The van der Waals surface area contributed by atoms with Crippen molar-refractivity contribution in [2.45, 2.75) is 6.92 Å². The van der Waals surface area contributed by atoms with Gasteiger partial charge in [-0.1, -0.05) is 54.6 Å². The van der Waals surface area contributed by atoms with Crippen LogP contribution < -0.4 is 0 Å². The molecule has 0 unspecified atom stereocenters. The molecule has 84 valence electrons. The fourth-order valence-corrected chi connectivity index (χ4v) is 1.56. The first-order chi connectivity index (χ1) is 8.36. The molecule has 0 radical (unpaired) electrons. The maximum absolute atomic E-state index is 4.39. The quantitative estimate of drug-likeness (QED) is 0.704. The molecule has 17 heavy (non-hydrogen) atoms. The molecular formula is C16H15N. The number of hydrogen-bond donors (Lipinski definition) is 0. The SMILES string of the molecule is Cc1ccnc(-c2ccccccccc2)c1. The molecule has 0 aliphatic rings. The van der Waals surface area contributed by atoms with E-state index in [0.29, 0.717) is 0 Å². The van der Waals surface area contributed by atoms with Crippen LogP contribution in [0.3, 0.4) is 0 Å². The van der Waals surface area contributed by atoms with Crippen LogP contribution >= 0.6 is 0 Å². The second-order valence-electron chi connectivity index (χ2n) is 3.85. The zero-order chi connectivity index (χ0) is 11.9. The van der Waals surface area contributed by atoms with Crippen LogP contribution in [0.5, 0.6) is 0 Å². The first kappa shape index (κ1) is 11.3. The van der Waals surface area contributed by atoms with E-state index < -0.39 is 0 Å². The van der Waals surface area contributed by atoms with Crippen LogP contribution in [-0.2, 0) is 0 Å². The normalized spacial score (nSPS) is 9.47. The molecule has 1 aromatic heterocycles. The van der Waals surface area contributed by atoms with Crippen molar-refractivity contribution in [1.29, 1.82) is 0 Å². The van der Waals surface area contributed by atoms with Crippen molar-refractivity contribution < 1.29 is 0 Å². The van der Waals surface area contributed by atoms with Crippen molar-refractivity contribution in [3.8, 4) is 11.3 Å². The van der Waals surface area contributed by atoms with Crippen molar-refractivity contribution in [3.05, 3.63) is 78.5 Å². The van der Waals surface area contributed by atoms with Gasteiger partial charge >= 0.3 is 0 Å². The van der Waals surface area contributed by atoms with Gasteiger partial charge in [-0.05, 0) is 24.6 Å². The Balaban J connectivity index is 2.52. The van der Waals surface area contributed by atoms with Gasteiger partial charge in [-0.15, -0.1) is 0 Å². The number of aryl methyl sites for hydroxylation is 1. The number of rotatable bonds is 1. The minimum Gasteiger partial charge on any atom is -0.256 e. The predicted molar refractivity (Wildman–Crippen MR) is 72.0 cm³/mol. The number of pyridine rings is 1. The van der Waals surface area contributed by atoms with E-state index in [1.54, 1.807) is 0 Å². The van der Waals surface area contributed by atoms with Crippen molar-refractivity contribution in [3.63, 3.8) is 0 Å². The van der Waals surface area contributed by atoms with Crippen molar-refractivity contribution in [2.75, 3.05) is 0 Å². The van der Waals surface area contributed by atoms with E-state index in [-0.39, 0.29) is 0 Å². The zero-order valence-electron chi connectivity index (χ0n) is 9.88. The summed E-state index contributed by atoms with van der Waals surface area (Å²) >= 11 is 0. The first-order valence-electron chi connectivity index (χ1n) is 5.68. The molecular weight excluding hydrogens is 206 g/mol. The Morgan fingerprint density at radius 2 is 1.35 bits per heavy atom. The molecule has 0 amide bonds. The summed E-state index contributed by atoms with van der Waals surface area (Å²) in [7, 11) is 0. The molecule has 1 nitrogen and oxygen atoms in total. The highest BCUT2D eigenvalue weighted by molar-refractivity contribution is 5.58. The maximum atomic E-state index is 4.39. The van der Waals surface area contributed by atoms with Gasteiger partial charge in [0.05, 0.1) is 5.69 Å². The molecule has 0 aliphatic carbocycles. The van der Waals surface area contributed by atoms with Crippen molar-refractivity contribution in [1.82, 2.24) is 4.98 Å². The second kappa shape index (κ2) is 5.80. The molecule has 0 saturated carbocycles. The van der Waals surface area contributed by atoms with Gasteiger partial charge < -0.3 is 0 Å². The Morgan fingerprint density at radius 3 is 1.94 bits per heavy atom. The predicted octanol–water partition coefficient (Wildman–Crippen LogP) is 4.18. The molecule has 1 heterocycles. The third-order valence-electron chi connectivity index (χ3n) is 2.43. The van der Waals surface area contributed by atoms with Gasteiger partial charge in [0.25, 0.3) is 0 Å². The summed E-state index contributed by atoms with van der Waals surface area (Å²) in [6, 6.07) is 22.3. The van der Waals surface area contributed by atoms with E-state index in [2.05, 4.69) is 30.1 Å². The van der Waals surface area contributed by atoms with Gasteiger partial charge in [0.2, 0.25) is 0 Å². The largest absolute Gasteiger partial charge is 0.256 e. The highest BCUT2D eigenvalue weighted by atomic mass is 14.7. The lowest BCUT2D eigenvalue weighted by molar-refractivity contribution is 1.29. The lowest BCUT2D eigenvalue weighted by Crippen LogP contribution is -1.82. The Labute approximate surface area is 102 Å². The van der Waals surface area contributed by atoms with E-state index in [1.807, 2.05) is 54.7 Å². The average Bonchev–Trinajstić information content (AvgIpc) is 2.36. The molecule has 0 aliphatic heterocycles. The number of hydrogen-bond acceptors (Lipinski definition) is 1. The average molecular weight is 221 g/mol. The minimum atomic E-state index is 1.00. The highest BCUT2D eigenvalue weighted by Crippen LogP contribution is 2.15. The summed E-state index contributed by atoms with van der Waals surface area (Å²) in [5.41, 5.74) is 3.34. The van der Waals surface area contributed by atoms with Crippen LogP contribution in [0, 0.1) is 6.92 Å². The van der Waals surface area contributed by atoms with Crippen LogP contribution in [0.1, 0.15) is 5.56 Å². The van der Waals surface area contributed by atoms with Gasteiger partial charge in [-0.2, -0.15) is 0 Å². The van der Waals surface area contributed by atoms with Gasteiger partial charge in [0.1, 0.15) is 0 Å². The smallest absolute Gasteiger partial charge is 0.0704 e. The van der Waals surface area contributed by atoms with Crippen molar-refractivity contribution >= 4 is 0 Å². The molecule has 0 spiro atoms. The van der Waals surface area contributed by atoms with Crippen LogP contribution in [0.25, 0.3) is 11.3 Å². The van der Waals surface area contributed by atoms with Gasteiger partial charge in [-0.3, -0.25) is 4.98 Å². The highest BCUT2D eigenvalue weighted by Gasteiger charge is 1.95. The molecule has 1 aromatic carbocycles. The van der Waals surface area contributed by atoms with E-state index in [4.69, 9.17) is 0 Å². The fraction of sp³-hybridized carbons (Fsp3) is 0.0625. The molecule has 0 fully saturated rings. The van der Waals surface area contributed by atoms with E-state index in [0.717, 1.165) is 11.3 Å². The van der Waals surface area contributed by atoms with Gasteiger partial charge in [0.15, 0.2) is 0 Å². The molecule has 1 heteroatoms. The van der Waals surface area contributed by atoms with Crippen LogP contribution in [0.2, 0.25) is 0 Å². The zero-order valence-corrected chi connectivity index (χ0v) is 9.88. The van der Waals surface area contributed by atoms with E-state index >= 15 is 0 Å². The van der Waals surface area contributed by atoms with E-state index in [1.165, 1.54) is 5.56 Å². The molecule has 0 bridgehead atoms.